The fraction of sp³-hybridized carbons (Fsp3) is 0.824. The van der Waals surface area contributed by atoms with Crippen molar-refractivity contribution in [1.29, 1.82) is 0 Å². The van der Waals surface area contributed by atoms with Crippen molar-refractivity contribution in [1.82, 2.24) is 10.2 Å². The standard InChI is InChI=1S/C17H30N2O6/c1-16(2,3)24-14(22)18-9-11-7-8-19(10-12(11)13(20)21)15(23)25-17(4,5)6/h11-12H,7-10H2,1-6H3,(H,18,22)(H,20,21). The average molecular weight is 358 g/mol. The van der Waals surface area contributed by atoms with Crippen molar-refractivity contribution >= 4 is 18.2 Å². The van der Waals surface area contributed by atoms with Crippen LogP contribution in [-0.4, -0.2) is 59.0 Å². The predicted molar refractivity (Wildman–Crippen MR) is 91.3 cm³/mol. The van der Waals surface area contributed by atoms with Gasteiger partial charge < -0.3 is 24.8 Å². The van der Waals surface area contributed by atoms with Gasteiger partial charge in [-0.05, 0) is 53.9 Å². The molecule has 25 heavy (non-hydrogen) atoms. The molecule has 0 bridgehead atoms. The van der Waals surface area contributed by atoms with Crippen molar-refractivity contribution in [3.05, 3.63) is 0 Å². The van der Waals surface area contributed by atoms with Crippen LogP contribution in [0.25, 0.3) is 0 Å². The Morgan fingerprint density at radius 3 is 2.12 bits per heavy atom. The number of amides is 2. The van der Waals surface area contributed by atoms with Crippen molar-refractivity contribution in [2.75, 3.05) is 19.6 Å². The predicted octanol–water partition coefficient (Wildman–Crippen LogP) is 2.47. The number of carbonyl (C=O) groups excluding carboxylic acids is 2. The van der Waals surface area contributed by atoms with Crippen molar-refractivity contribution in [2.24, 2.45) is 11.8 Å². The van der Waals surface area contributed by atoms with E-state index in [9.17, 15) is 19.5 Å². The lowest BCUT2D eigenvalue weighted by Crippen LogP contribution is -2.50. The van der Waals surface area contributed by atoms with Crippen LogP contribution in [0.5, 0.6) is 0 Å². The van der Waals surface area contributed by atoms with E-state index in [1.54, 1.807) is 41.5 Å². The Hall–Kier alpha value is -1.99. The summed E-state index contributed by atoms with van der Waals surface area (Å²) in [5.41, 5.74) is -1.25. The molecule has 1 fully saturated rings. The summed E-state index contributed by atoms with van der Waals surface area (Å²) in [6.45, 7) is 11.2. The molecule has 0 aromatic rings. The summed E-state index contributed by atoms with van der Waals surface area (Å²) in [5, 5.41) is 12.1. The molecule has 1 aliphatic heterocycles. The molecule has 2 unspecified atom stereocenters. The third-order valence-corrected chi connectivity index (χ3v) is 3.63. The van der Waals surface area contributed by atoms with Crippen LogP contribution in [0.3, 0.4) is 0 Å². The number of nitrogens with zero attached hydrogens (tertiary/aromatic N) is 1. The van der Waals surface area contributed by atoms with E-state index in [0.29, 0.717) is 13.0 Å². The van der Waals surface area contributed by atoms with Gasteiger partial charge in [0.05, 0.1) is 5.92 Å². The Labute approximate surface area is 148 Å². The second-order valence-electron chi connectivity index (χ2n) is 8.30. The van der Waals surface area contributed by atoms with Gasteiger partial charge in [0.25, 0.3) is 0 Å². The zero-order valence-electron chi connectivity index (χ0n) is 15.9. The Morgan fingerprint density at radius 1 is 1.08 bits per heavy atom. The summed E-state index contributed by atoms with van der Waals surface area (Å²) < 4.78 is 10.5. The molecule has 8 heteroatoms. The van der Waals surface area contributed by atoms with E-state index in [1.165, 1.54) is 4.90 Å². The Kier molecular flexibility index (Phi) is 6.68. The van der Waals surface area contributed by atoms with Gasteiger partial charge in [-0.3, -0.25) is 4.79 Å². The third-order valence-electron chi connectivity index (χ3n) is 3.63. The summed E-state index contributed by atoms with van der Waals surface area (Å²) in [6, 6.07) is 0. The van der Waals surface area contributed by atoms with Gasteiger partial charge in [-0.25, -0.2) is 9.59 Å². The number of alkyl carbamates (subject to hydrolysis) is 1. The van der Waals surface area contributed by atoms with Crippen LogP contribution in [0.1, 0.15) is 48.0 Å². The Morgan fingerprint density at radius 2 is 1.64 bits per heavy atom. The minimum atomic E-state index is -0.996. The molecule has 0 radical (unpaired) electrons. The molecule has 0 aromatic heterocycles. The largest absolute Gasteiger partial charge is 0.481 e. The normalized spacial score (nSPS) is 21.4. The second kappa shape index (κ2) is 7.93. The van der Waals surface area contributed by atoms with Crippen molar-refractivity contribution in [2.45, 2.75) is 59.2 Å². The number of likely N-dealkylation sites (tertiary alicyclic amines) is 1. The zero-order chi connectivity index (χ0) is 19.4. The lowest BCUT2D eigenvalue weighted by molar-refractivity contribution is -0.145. The molecule has 2 amide bonds. The molecular formula is C17H30N2O6. The quantitative estimate of drug-likeness (QED) is 0.803. The van der Waals surface area contributed by atoms with E-state index in [0.717, 1.165) is 0 Å². The highest BCUT2D eigenvalue weighted by Crippen LogP contribution is 2.25. The number of aliphatic carboxylic acids is 1. The highest BCUT2D eigenvalue weighted by molar-refractivity contribution is 5.74. The van der Waals surface area contributed by atoms with Crippen LogP contribution < -0.4 is 5.32 Å². The van der Waals surface area contributed by atoms with E-state index in [4.69, 9.17) is 9.47 Å². The van der Waals surface area contributed by atoms with Crippen LogP contribution in [-0.2, 0) is 14.3 Å². The van der Waals surface area contributed by atoms with Crippen LogP contribution in [0.2, 0.25) is 0 Å². The summed E-state index contributed by atoms with van der Waals surface area (Å²) in [7, 11) is 0. The maximum absolute atomic E-state index is 12.1. The number of ether oxygens (including phenoxy) is 2. The highest BCUT2D eigenvalue weighted by Gasteiger charge is 2.37. The van der Waals surface area contributed by atoms with Gasteiger partial charge >= 0.3 is 18.2 Å². The van der Waals surface area contributed by atoms with E-state index in [2.05, 4.69) is 5.32 Å². The first kappa shape index (κ1) is 21.1. The molecule has 1 aliphatic rings. The van der Waals surface area contributed by atoms with Crippen LogP contribution in [0, 0.1) is 11.8 Å². The van der Waals surface area contributed by atoms with Gasteiger partial charge in [-0.1, -0.05) is 0 Å². The van der Waals surface area contributed by atoms with Crippen molar-refractivity contribution < 1.29 is 29.0 Å². The maximum Gasteiger partial charge on any atom is 0.410 e. The van der Waals surface area contributed by atoms with Gasteiger partial charge in [0.1, 0.15) is 11.2 Å². The molecule has 0 aromatic carbocycles. The summed E-state index contributed by atoms with van der Waals surface area (Å²) in [5.74, 6) is -2.04. The molecular weight excluding hydrogens is 328 g/mol. The van der Waals surface area contributed by atoms with E-state index < -0.39 is 35.3 Å². The Balaban J connectivity index is 2.62. The van der Waals surface area contributed by atoms with Gasteiger partial charge in [0, 0.05) is 19.6 Å². The van der Waals surface area contributed by atoms with Crippen molar-refractivity contribution in [3.8, 4) is 0 Å². The number of carbonyl (C=O) groups is 3. The first-order chi connectivity index (χ1) is 11.3. The van der Waals surface area contributed by atoms with Crippen LogP contribution in [0.15, 0.2) is 0 Å². The van der Waals surface area contributed by atoms with Crippen LogP contribution >= 0.6 is 0 Å². The molecule has 1 heterocycles. The number of hydrogen-bond acceptors (Lipinski definition) is 5. The first-order valence-corrected chi connectivity index (χ1v) is 8.46. The number of carboxylic acids is 1. The van der Waals surface area contributed by atoms with Gasteiger partial charge in [0.15, 0.2) is 0 Å². The molecule has 1 saturated heterocycles. The van der Waals surface area contributed by atoms with Crippen molar-refractivity contribution in [3.63, 3.8) is 0 Å². The maximum atomic E-state index is 12.1. The Bertz CT molecular complexity index is 506. The number of hydrogen-bond donors (Lipinski definition) is 2. The van der Waals surface area contributed by atoms with Gasteiger partial charge in [-0.15, -0.1) is 0 Å². The second-order valence-corrected chi connectivity index (χ2v) is 8.30. The monoisotopic (exact) mass is 358 g/mol. The number of nitrogens with one attached hydrogen (secondary N) is 1. The number of piperidine rings is 1. The fourth-order valence-corrected chi connectivity index (χ4v) is 2.55. The third kappa shape index (κ3) is 7.62. The number of carboxylic acid groups (broad SMARTS) is 1. The zero-order valence-corrected chi connectivity index (χ0v) is 15.9. The van der Waals surface area contributed by atoms with E-state index in [-0.39, 0.29) is 19.0 Å². The SMILES string of the molecule is CC(C)(C)OC(=O)NCC1CCN(C(=O)OC(C)(C)C)CC1C(=O)O. The molecule has 2 atom stereocenters. The smallest absolute Gasteiger partial charge is 0.410 e. The van der Waals surface area contributed by atoms with Crippen LogP contribution in [0.4, 0.5) is 9.59 Å². The van der Waals surface area contributed by atoms with E-state index in [1.807, 2.05) is 0 Å². The molecule has 2 N–H and O–H groups in total. The summed E-state index contributed by atoms with van der Waals surface area (Å²) in [6.07, 6.45) is -0.630. The van der Waals surface area contributed by atoms with Gasteiger partial charge in [0.2, 0.25) is 0 Å². The average Bonchev–Trinajstić information content (AvgIpc) is 2.41. The molecule has 8 nitrogen and oxygen atoms in total. The first-order valence-electron chi connectivity index (χ1n) is 8.46. The minimum absolute atomic E-state index is 0.0604. The summed E-state index contributed by atoms with van der Waals surface area (Å²) in [4.78, 5) is 36.9. The molecule has 144 valence electrons. The topological polar surface area (TPSA) is 105 Å². The highest BCUT2D eigenvalue weighted by atomic mass is 16.6. The lowest BCUT2D eigenvalue weighted by Gasteiger charge is -2.37. The molecule has 0 saturated carbocycles. The van der Waals surface area contributed by atoms with Gasteiger partial charge in [-0.2, -0.15) is 0 Å². The minimum Gasteiger partial charge on any atom is -0.481 e. The lowest BCUT2D eigenvalue weighted by atomic mass is 9.85. The molecule has 0 aliphatic carbocycles. The molecule has 1 rings (SSSR count). The molecule has 0 spiro atoms. The van der Waals surface area contributed by atoms with E-state index >= 15 is 0 Å². The fourth-order valence-electron chi connectivity index (χ4n) is 2.55. The summed E-state index contributed by atoms with van der Waals surface area (Å²) >= 11 is 0. The number of rotatable bonds is 3.